The molecule has 1 nitrogen and oxygen atoms in total. The maximum atomic E-state index is 13.3. The molecular formula is C12H18ClF2N. The maximum Gasteiger partial charge on any atom is 0.163 e. The molecule has 1 aromatic carbocycles. The van der Waals surface area contributed by atoms with Gasteiger partial charge in [-0.3, -0.25) is 0 Å². The summed E-state index contributed by atoms with van der Waals surface area (Å²) in [5.41, 5.74) is 6.08. The van der Waals surface area contributed by atoms with Crippen LogP contribution < -0.4 is 5.73 Å². The van der Waals surface area contributed by atoms with Crippen molar-refractivity contribution in [3.05, 3.63) is 35.4 Å². The minimum absolute atomic E-state index is 0. The van der Waals surface area contributed by atoms with Crippen LogP contribution in [0, 0.1) is 11.6 Å². The zero-order chi connectivity index (χ0) is 11.3. The molecule has 0 amide bonds. The topological polar surface area (TPSA) is 26.0 Å². The third-order valence-corrected chi connectivity index (χ3v) is 2.50. The Morgan fingerprint density at radius 1 is 1.25 bits per heavy atom. The first kappa shape index (κ1) is 15.3. The zero-order valence-corrected chi connectivity index (χ0v) is 10.2. The van der Waals surface area contributed by atoms with E-state index >= 15 is 0 Å². The van der Waals surface area contributed by atoms with Crippen molar-refractivity contribution in [2.75, 3.05) is 0 Å². The second-order valence-electron chi connectivity index (χ2n) is 3.75. The van der Waals surface area contributed by atoms with Gasteiger partial charge in [0.15, 0.2) is 11.6 Å². The summed E-state index contributed by atoms with van der Waals surface area (Å²) in [4.78, 5) is 0. The largest absolute Gasteiger partial charge is 0.324 e. The highest BCUT2D eigenvalue weighted by Crippen LogP contribution is 2.21. The summed E-state index contributed by atoms with van der Waals surface area (Å²) in [5.74, 6) is -1.63. The van der Waals surface area contributed by atoms with Crippen LogP contribution in [-0.2, 0) is 0 Å². The molecule has 0 aliphatic carbocycles. The lowest BCUT2D eigenvalue weighted by Crippen LogP contribution is -2.12. The second kappa shape index (κ2) is 7.58. The zero-order valence-electron chi connectivity index (χ0n) is 9.38. The first-order valence-electron chi connectivity index (χ1n) is 5.36. The smallest absolute Gasteiger partial charge is 0.163 e. The lowest BCUT2D eigenvalue weighted by atomic mass is 10.0. The van der Waals surface area contributed by atoms with E-state index in [-0.39, 0.29) is 18.0 Å². The lowest BCUT2D eigenvalue weighted by Gasteiger charge is -2.12. The van der Waals surface area contributed by atoms with Gasteiger partial charge < -0.3 is 5.73 Å². The highest BCUT2D eigenvalue weighted by atomic mass is 35.5. The molecule has 0 aromatic heterocycles. The van der Waals surface area contributed by atoms with Crippen LogP contribution in [0.3, 0.4) is 0 Å². The van der Waals surface area contributed by atoms with Gasteiger partial charge in [-0.2, -0.15) is 0 Å². The molecule has 0 bridgehead atoms. The molecule has 92 valence electrons. The minimum atomic E-state index is -0.821. The molecule has 0 spiro atoms. The summed E-state index contributed by atoms with van der Waals surface area (Å²) < 4.78 is 26.2. The summed E-state index contributed by atoms with van der Waals surface area (Å²) in [5, 5.41) is 0. The van der Waals surface area contributed by atoms with Gasteiger partial charge >= 0.3 is 0 Å². The lowest BCUT2D eigenvalue weighted by molar-refractivity contribution is 0.478. The summed E-state index contributed by atoms with van der Waals surface area (Å²) in [6.45, 7) is 2.09. The van der Waals surface area contributed by atoms with Crippen LogP contribution in [0.5, 0.6) is 0 Å². The Morgan fingerprint density at radius 2 is 1.94 bits per heavy atom. The first-order valence-corrected chi connectivity index (χ1v) is 5.36. The van der Waals surface area contributed by atoms with Crippen molar-refractivity contribution in [3.8, 4) is 0 Å². The van der Waals surface area contributed by atoms with Crippen molar-refractivity contribution in [2.24, 2.45) is 5.73 Å². The summed E-state index contributed by atoms with van der Waals surface area (Å²) in [7, 11) is 0. The van der Waals surface area contributed by atoms with Gasteiger partial charge in [-0.05, 0) is 12.5 Å². The number of nitrogens with two attached hydrogens (primary N) is 1. The predicted molar refractivity (Wildman–Crippen MR) is 64.7 cm³/mol. The molecule has 1 rings (SSSR count). The molecule has 0 saturated heterocycles. The van der Waals surface area contributed by atoms with Gasteiger partial charge in [-0.25, -0.2) is 8.78 Å². The number of hydrogen-bond acceptors (Lipinski definition) is 1. The maximum absolute atomic E-state index is 13.3. The third-order valence-electron chi connectivity index (χ3n) is 2.50. The van der Waals surface area contributed by atoms with E-state index in [9.17, 15) is 8.78 Å². The Labute approximate surface area is 101 Å². The molecule has 0 unspecified atom stereocenters. The molecule has 1 atom stereocenters. The standard InChI is InChI=1S/C12H17F2N.ClH/c1-2-3-4-8-11(15)9-6-5-7-10(13)12(9)14;/h5-7,11H,2-4,8,15H2,1H3;1H/t11-;/m1./s1. The van der Waals surface area contributed by atoms with Crippen LogP contribution in [0.15, 0.2) is 18.2 Å². The van der Waals surface area contributed by atoms with E-state index < -0.39 is 17.7 Å². The van der Waals surface area contributed by atoms with Gasteiger partial charge in [0.1, 0.15) is 0 Å². The van der Waals surface area contributed by atoms with Crippen LogP contribution in [0.1, 0.15) is 44.2 Å². The van der Waals surface area contributed by atoms with Crippen molar-refractivity contribution in [3.63, 3.8) is 0 Å². The highest BCUT2D eigenvalue weighted by Gasteiger charge is 2.13. The number of rotatable bonds is 5. The Morgan fingerprint density at radius 3 is 2.56 bits per heavy atom. The molecule has 0 aliphatic rings. The number of unbranched alkanes of at least 4 members (excludes halogenated alkanes) is 2. The molecule has 0 saturated carbocycles. The van der Waals surface area contributed by atoms with Crippen LogP contribution >= 0.6 is 12.4 Å². The average molecular weight is 250 g/mol. The highest BCUT2D eigenvalue weighted by molar-refractivity contribution is 5.85. The molecule has 16 heavy (non-hydrogen) atoms. The molecule has 1 aromatic rings. The van der Waals surface area contributed by atoms with Gasteiger partial charge in [-0.1, -0.05) is 38.3 Å². The Kier molecular flexibility index (Phi) is 7.26. The Bertz CT molecular complexity index is 318. The number of hydrogen-bond donors (Lipinski definition) is 1. The van der Waals surface area contributed by atoms with Crippen molar-refractivity contribution < 1.29 is 8.78 Å². The summed E-state index contributed by atoms with van der Waals surface area (Å²) in [6.07, 6.45) is 3.82. The van der Waals surface area contributed by atoms with E-state index in [2.05, 4.69) is 6.92 Å². The SMILES string of the molecule is CCCCC[C@@H](N)c1cccc(F)c1F.Cl. The van der Waals surface area contributed by atoms with Crippen LogP contribution in [-0.4, -0.2) is 0 Å². The van der Waals surface area contributed by atoms with Crippen molar-refractivity contribution in [2.45, 2.75) is 38.6 Å². The van der Waals surface area contributed by atoms with E-state index in [0.717, 1.165) is 25.3 Å². The molecule has 4 heteroatoms. The quantitative estimate of drug-likeness (QED) is 0.786. The fourth-order valence-corrected chi connectivity index (χ4v) is 1.58. The molecule has 2 N–H and O–H groups in total. The van der Waals surface area contributed by atoms with Gasteiger partial charge in [0.05, 0.1) is 0 Å². The Hall–Kier alpha value is -0.670. The van der Waals surface area contributed by atoms with E-state index in [1.54, 1.807) is 6.07 Å². The Balaban J connectivity index is 0.00000225. The summed E-state index contributed by atoms with van der Waals surface area (Å²) >= 11 is 0. The van der Waals surface area contributed by atoms with Gasteiger partial charge in [0.2, 0.25) is 0 Å². The third kappa shape index (κ3) is 4.06. The van der Waals surface area contributed by atoms with Gasteiger partial charge in [0.25, 0.3) is 0 Å². The molecule has 0 aliphatic heterocycles. The predicted octanol–water partition coefficient (Wildman–Crippen LogP) is 3.97. The van der Waals surface area contributed by atoms with Crippen molar-refractivity contribution in [1.82, 2.24) is 0 Å². The molecule has 0 radical (unpaired) electrons. The number of benzene rings is 1. The van der Waals surface area contributed by atoms with E-state index in [1.807, 2.05) is 0 Å². The summed E-state index contributed by atoms with van der Waals surface area (Å²) in [6, 6.07) is 3.76. The number of halogens is 3. The first-order chi connectivity index (χ1) is 7.16. The van der Waals surface area contributed by atoms with Crippen molar-refractivity contribution in [1.29, 1.82) is 0 Å². The molecular weight excluding hydrogens is 232 g/mol. The van der Waals surface area contributed by atoms with Gasteiger partial charge in [-0.15, -0.1) is 12.4 Å². The fourth-order valence-electron chi connectivity index (χ4n) is 1.58. The fraction of sp³-hybridized carbons (Fsp3) is 0.500. The van der Waals surface area contributed by atoms with E-state index in [0.29, 0.717) is 6.42 Å². The molecule has 0 heterocycles. The van der Waals surface area contributed by atoms with Crippen molar-refractivity contribution >= 4 is 12.4 Å². The molecule has 0 fully saturated rings. The van der Waals surface area contributed by atoms with Crippen LogP contribution in [0.4, 0.5) is 8.78 Å². The average Bonchev–Trinajstić information content (AvgIpc) is 2.22. The van der Waals surface area contributed by atoms with E-state index in [1.165, 1.54) is 6.07 Å². The minimum Gasteiger partial charge on any atom is -0.324 e. The monoisotopic (exact) mass is 249 g/mol. The van der Waals surface area contributed by atoms with Crippen LogP contribution in [0.2, 0.25) is 0 Å². The van der Waals surface area contributed by atoms with Gasteiger partial charge in [0, 0.05) is 11.6 Å². The second-order valence-corrected chi connectivity index (χ2v) is 3.75. The normalized spacial score (nSPS) is 12.0. The van der Waals surface area contributed by atoms with Crippen LogP contribution in [0.25, 0.3) is 0 Å². The van der Waals surface area contributed by atoms with E-state index in [4.69, 9.17) is 5.73 Å².